The van der Waals surface area contributed by atoms with Crippen molar-refractivity contribution in [1.29, 1.82) is 0 Å². The summed E-state index contributed by atoms with van der Waals surface area (Å²) in [7, 11) is 0. The Labute approximate surface area is 99.5 Å². The molecule has 2 aromatic rings. The lowest BCUT2D eigenvalue weighted by molar-refractivity contribution is 1.08. The molecule has 0 unspecified atom stereocenters. The number of aryl methyl sites for hydroxylation is 1. The molecule has 0 saturated heterocycles. The van der Waals surface area contributed by atoms with Crippen LogP contribution >= 0.6 is 11.6 Å². The van der Waals surface area contributed by atoms with Crippen LogP contribution in [-0.4, -0.2) is 9.97 Å². The molecule has 2 aromatic heterocycles. The average molecular weight is 234 g/mol. The summed E-state index contributed by atoms with van der Waals surface area (Å²) < 4.78 is 0. The van der Waals surface area contributed by atoms with Crippen LogP contribution in [0.1, 0.15) is 11.3 Å². The first kappa shape index (κ1) is 10.9. The zero-order valence-electron chi connectivity index (χ0n) is 8.94. The topological polar surface area (TPSA) is 37.8 Å². The molecule has 0 aliphatic carbocycles. The molecular weight excluding hydrogens is 222 g/mol. The third-order valence-corrected chi connectivity index (χ3v) is 2.55. The van der Waals surface area contributed by atoms with Crippen molar-refractivity contribution in [2.24, 2.45) is 0 Å². The van der Waals surface area contributed by atoms with E-state index in [4.69, 9.17) is 11.6 Å². The Bertz CT molecular complexity index is 468. The molecule has 0 radical (unpaired) electrons. The monoisotopic (exact) mass is 233 g/mol. The van der Waals surface area contributed by atoms with Gasteiger partial charge in [0.1, 0.15) is 0 Å². The molecule has 1 N–H and O–H groups in total. The van der Waals surface area contributed by atoms with Gasteiger partial charge in [-0.1, -0.05) is 17.7 Å². The Kier molecular flexibility index (Phi) is 3.37. The number of pyridine rings is 2. The van der Waals surface area contributed by atoms with Crippen LogP contribution in [-0.2, 0) is 6.54 Å². The Morgan fingerprint density at radius 3 is 2.81 bits per heavy atom. The number of rotatable bonds is 3. The first-order valence-electron chi connectivity index (χ1n) is 5.00. The fourth-order valence-corrected chi connectivity index (χ4v) is 1.48. The zero-order chi connectivity index (χ0) is 11.4. The molecule has 0 fully saturated rings. The van der Waals surface area contributed by atoms with Crippen LogP contribution in [0.25, 0.3) is 0 Å². The molecule has 16 heavy (non-hydrogen) atoms. The standard InChI is InChI=1S/C12H12ClN3/c1-9-2-3-10(6-15-9)7-16-12-8-14-5-4-11(12)13/h2-6,8,16H,7H2,1H3. The molecule has 82 valence electrons. The van der Waals surface area contributed by atoms with Crippen molar-refractivity contribution in [3.05, 3.63) is 53.1 Å². The maximum atomic E-state index is 6.00. The summed E-state index contributed by atoms with van der Waals surface area (Å²) in [6, 6.07) is 5.79. The van der Waals surface area contributed by atoms with Gasteiger partial charge in [-0.2, -0.15) is 0 Å². The van der Waals surface area contributed by atoms with Crippen molar-refractivity contribution in [2.45, 2.75) is 13.5 Å². The van der Waals surface area contributed by atoms with Gasteiger partial charge in [0.15, 0.2) is 0 Å². The molecule has 0 aliphatic rings. The van der Waals surface area contributed by atoms with Gasteiger partial charge in [0.05, 0.1) is 16.9 Å². The van der Waals surface area contributed by atoms with E-state index in [0.717, 1.165) is 16.9 Å². The summed E-state index contributed by atoms with van der Waals surface area (Å²) in [6.45, 7) is 2.66. The molecular formula is C12H12ClN3. The second-order valence-electron chi connectivity index (χ2n) is 3.52. The second kappa shape index (κ2) is 4.94. The summed E-state index contributed by atoms with van der Waals surface area (Å²) in [4.78, 5) is 8.23. The van der Waals surface area contributed by atoms with Crippen molar-refractivity contribution in [2.75, 3.05) is 5.32 Å². The van der Waals surface area contributed by atoms with E-state index in [1.54, 1.807) is 18.5 Å². The first-order chi connectivity index (χ1) is 7.75. The van der Waals surface area contributed by atoms with Crippen LogP contribution in [0, 0.1) is 6.92 Å². The van der Waals surface area contributed by atoms with Crippen molar-refractivity contribution >= 4 is 17.3 Å². The predicted octanol–water partition coefficient (Wildman–Crippen LogP) is 3.05. The molecule has 0 saturated carbocycles. The van der Waals surface area contributed by atoms with E-state index in [2.05, 4.69) is 15.3 Å². The van der Waals surface area contributed by atoms with Gasteiger partial charge in [-0.3, -0.25) is 9.97 Å². The van der Waals surface area contributed by atoms with Crippen molar-refractivity contribution in [1.82, 2.24) is 9.97 Å². The second-order valence-corrected chi connectivity index (χ2v) is 3.92. The minimum atomic E-state index is 0.676. The smallest absolute Gasteiger partial charge is 0.0718 e. The van der Waals surface area contributed by atoms with E-state index in [-0.39, 0.29) is 0 Å². The quantitative estimate of drug-likeness (QED) is 0.886. The normalized spacial score (nSPS) is 10.1. The van der Waals surface area contributed by atoms with Crippen LogP contribution in [0.15, 0.2) is 36.8 Å². The lowest BCUT2D eigenvalue weighted by Crippen LogP contribution is -2.00. The summed E-state index contributed by atoms with van der Waals surface area (Å²) in [6.07, 6.45) is 5.23. The number of hydrogen-bond acceptors (Lipinski definition) is 3. The molecule has 4 heteroatoms. The lowest BCUT2D eigenvalue weighted by atomic mass is 10.2. The molecule has 0 atom stereocenters. The molecule has 3 nitrogen and oxygen atoms in total. The summed E-state index contributed by atoms with van der Waals surface area (Å²) in [5.41, 5.74) is 2.97. The van der Waals surface area contributed by atoms with Gasteiger partial charge in [-0.05, 0) is 24.6 Å². The average Bonchev–Trinajstić information content (AvgIpc) is 2.30. The largest absolute Gasteiger partial charge is 0.378 e. The Morgan fingerprint density at radius 1 is 1.25 bits per heavy atom. The highest BCUT2D eigenvalue weighted by atomic mass is 35.5. The van der Waals surface area contributed by atoms with Gasteiger partial charge in [0.2, 0.25) is 0 Å². The van der Waals surface area contributed by atoms with E-state index < -0.39 is 0 Å². The maximum Gasteiger partial charge on any atom is 0.0718 e. The number of nitrogens with zero attached hydrogens (tertiary/aromatic N) is 2. The molecule has 2 heterocycles. The maximum absolute atomic E-state index is 6.00. The van der Waals surface area contributed by atoms with E-state index in [1.807, 2.05) is 25.3 Å². The van der Waals surface area contributed by atoms with Gasteiger partial charge in [-0.25, -0.2) is 0 Å². The summed E-state index contributed by atoms with van der Waals surface area (Å²) in [5.74, 6) is 0. The SMILES string of the molecule is Cc1ccc(CNc2cnccc2Cl)cn1. The zero-order valence-corrected chi connectivity index (χ0v) is 9.70. The third kappa shape index (κ3) is 2.70. The summed E-state index contributed by atoms with van der Waals surface area (Å²) >= 11 is 6.00. The van der Waals surface area contributed by atoms with Gasteiger partial charge >= 0.3 is 0 Å². The fraction of sp³-hybridized carbons (Fsp3) is 0.167. The van der Waals surface area contributed by atoms with Crippen molar-refractivity contribution in [3.63, 3.8) is 0 Å². The van der Waals surface area contributed by atoms with Crippen LogP contribution in [0.3, 0.4) is 0 Å². The highest BCUT2D eigenvalue weighted by molar-refractivity contribution is 6.33. The number of hydrogen-bond donors (Lipinski definition) is 1. The minimum absolute atomic E-state index is 0.676. The molecule has 0 aliphatic heterocycles. The van der Waals surface area contributed by atoms with Crippen molar-refractivity contribution in [3.8, 4) is 0 Å². The molecule has 0 bridgehead atoms. The molecule has 0 aromatic carbocycles. The molecule has 0 spiro atoms. The highest BCUT2D eigenvalue weighted by Gasteiger charge is 1.99. The van der Waals surface area contributed by atoms with Gasteiger partial charge in [0.25, 0.3) is 0 Å². The number of anilines is 1. The van der Waals surface area contributed by atoms with E-state index in [9.17, 15) is 0 Å². The van der Waals surface area contributed by atoms with Crippen LogP contribution in [0.2, 0.25) is 5.02 Å². The fourth-order valence-electron chi connectivity index (χ4n) is 1.31. The van der Waals surface area contributed by atoms with Crippen LogP contribution in [0.4, 0.5) is 5.69 Å². The summed E-state index contributed by atoms with van der Waals surface area (Å²) in [5, 5.41) is 3.89. The van der Waals surface area contributed by atoms with E-state index in [1.165, 1.54) is 0 Å². The number of halogens is 1. The Balaban J connectivity index is 2.02. The third-order valence-electron chi connectivity index (χ3n) is 2.22. The molecule has 2 rings (SSSR count). The van der Waals surface area contributed by atoms with Crippen molar-refractivity contribution < 1.29 is 0 Å². The van der Waals surface area contributed by atoms with Crippen LogP contribution < -0.4 is 5.32 Å². The van der Waals surface area contributed by atoms with E-state index >= 15 is 0 Å². The Morgan fingerprint density at radius 2 is 2.12 bits per heavy atom. The lowest BCUT2D eigenvalue weighted by Gasteiger charge is -2.07. The van der Waals surface area contributed by atoms with E-state index in [0.29, 0.717) is 11.6 Å². The van der Waals surface area contributed by atoms with Gasteiger partial charge in [0, 0.05) is 24.6 Å². The highest BCUT2D eigenvalue weighted by Crippen LogP contribution is 2.19. The Hall–Kier alpha value is -1.61. The molecule has 0 amide bonds. The number of aromatic nitrogens is 2. The van der Waals surface area contributed by atoms with Gasteiger partial charge < -0.3 is 5.32 Å². The van der Waals surface area contributed by atoms with Crippen LogP contribution in [0.5, 0.6) is 0 Å². The number of nitrogens with one attached hydrogen (secondary N) is 1. The predicted molar refractivity (Wildman–Crippen MR) is 65.5 cm³/mol. The first-order valence-corrected chi connectivity index (χ1v) is 5.38. The minimum Gasteiger partial charge on any atom is -0.378 e. The van der Waals surface area contributed by atoms with Gasteiger partial charge in [-0.15, -0.1) is 0 Å².